The van der Waals surface area contributed by atoms with E-state index in [4.69, 9.17) is 9.15 Å². The van der Waals surface area contributed by atoms with Crippen molar-refractivity contribution in [2.75, 3.05) is 13.2 Å². The van der Waals surface area contributed by atoms with Crippen molar-refractivity contribution in [2.45, 2.75) is 53.2 Å². The molecular weight excluding hydrogens is 214 g/mol. The predicted molar refractivity (Wildman–Crippen MR) is 70.3 cm³/mol. The summed E-state index contributed by atoms with van der Waals surface area (Å²) in [6.07, 6.45) is 0. The second-order valence-corrected chi connectivity index (χ2v) is 5.16. The highest BCUT2D eigenvalue weighted by Gasteiger charge is 2.20. The van der Waals surface area contributed by atoms with Crippen LogP contribution in [-0.2, 0) is 4.74 Å². The molecule has 0 fully saturated rings. The molecular formula is C14H25NO2. The van der Waals surface area contributed by atoms with E-state index in [0.717, 1.165) is 24.7 Å². The number of furan rings is 1. The lowest BCUT2D eigenvalue weighted by atomic mass is 10.1. The molecule has 3 heteroatoms. The van der Waals surface area contributed by atoms with Crippen molar-refractivity contribution in [3.8, 4) is 0 Å². The van der Waals surface area contributed by atoms with Crippen LogP contribution in [0.15, 0.2) is 10.5 Å². The quantitative estimate of drug-likeness (QED) is 0.826. The van der Waals surface area contributed by atoms with Crippen molar-refractivity contribution >= 4 is 0 Å². The molecule has 0 aliphatic heterocycles. The molecule has 0 radical (unpaired) electrons. The third kappa shape index (κ3) is 4.17. The van der Waals surface area contributed by atoms with Gasteiger partial charge in [0, 0.05) is 24.8 Å². The topological polar surface area (TPSA) is 34.4 Å². The van der Waals surface area contributed by atoms with Crippen LogP contribution in [0.5, 0.6) is 0 Å². The van der Waals surface area contributed by atoms with Gasteiger partial charge >= 0.3 is 0 Å². The lowest BCUT2D eigenvalue weighted by molar-refractivity contribution is -0.0103. The fraction of sp³-hybridized carbons (Fsp3) is 0.714. The molecule has 0 aromatic carbocycles. The van der Waals surface area contributed by atoms with Crippen molar-refractivity contribution in [3.63, 3.8) is 0 Å². The normalized spacial score (nSPS) is 14.0. The molecule has 0 spiro atoms. The lowest BCUT2D eigenvalue weighted by Crippen LogP contribution is -2.38. The SMILES string of the molecule is CCOC(C)(C)CNC(C)c1cc(C)oc1C. The summed E-state index contributed by atoms with van der Waals surface area (Å²) in [5.74, 6) is 1.96. The second kappa shape index (κ2) is 5.69. The maximum Gasteiger partial charge on any atom is 0.105 e. The Morgan fingerprint density at radius 1 is 1.41 bits per heavy atom. The number of ether oxygens (including phenoxy) is 1. The van der Waals surface area contributed by atoms with Crippen LogP contribution in [-0.4, -0.2) is 18.8 Å². The molecule has 1 aromatic rings. The molecule has 3 nitrogen and oxygen atoms in total. The van der Waals surface area contributed by atoms with E-state index >= 15 is 0 Å². The van der Waals surface area contributed by atoms with E-state index in [1.165, 1.54) is 5.56 Å². The Labute approximate surface area is 105 Å². The van der Waals surface area contributed by atoms with Crippen molar-refractivity contribution in [1.29, 1.82) is 0 Å². The van der Waals surface area contributed by atoms with Crippen LogP contribution in [0.2, 0.25) is 0 Å². The van der Waals surface area contributed by atoms with Crippen LogP contribution in [0, 0.1) is 13.8 Å². The average molecular weight is 239 g/mol. The minimum absolute atomic E-state index is 0.129. The minimum atomic E-state index is -0.129. The zero-order chi connectivity index (χ0) is 13.1. The molecule has 1 unspecified atom stereocenters. The summed E-state index contributed by atoms with van der Waals surface area (Å²) in [5, 5.41) is 3.49. The monoisotopic (exact) mass is 239 g/mol. The highest BCUT2D eigenvalue weighted by Crippen LogP contribution is 2.21. The summed E-state index contributed by atoms with van der Waals surface area (Å²) in [5.41, 5.74) is 1.10. The number of hydrogen-bond donors (Lipinski definition) is 1. The van der Waals surface area contributed by atoms with E-state index in [2.05, 4.69) is 32.2 Å². The molecule has 0 saturated carbocycles. The van der Waals surface area contributed by atoms with Gasteiger partial charge in [-0.15, -0.1) is 0 Å². The number of hydrogen-bond acceptors (Lipinski definition) is 3. The van der Waals surface area contributed by atoms with E-state index in [1.807, 2.05) is 20.8 Å². The molecule has 1 heterocycles. The lowest BCUT2D eigenvalue weighted by Gasteiger charge is -2.27. The van der Waals surface area contributed by atoms with Crippen LogP contribution < -0.4 is 5.32 Å². The fourth-order valence-electron chi connectivity index (χ4n) is 2.03. The van der Waals surface area contributed by atoms with E-state index in [-0.39, 0.29) is 11.6 Å². The Balaban J connectivity index is 2.55. The third-order valence-corrected chi connectivity index (χ3v) is 2.91. The first-order chi connectivity index (χ1) is 7.85. The maximum atomic E-state index is 5.67. The van der Waals surface area contributed by atoms with E-state index < -0.39 is 0 Å². The Morgan fingerprint density at radius 3 is 2.53 bits per heavy atom. The van der Waals surface area contributed by atoms with Crippen molar-refractivity contribution in [3.05, 3.63) is 23.2 Å². The predicted octanol–water partition coefficient (Wildman–Crippen LogP) is 3.36. The molecule has 1 aromatic heterocycles. The second-order valence-electron chi connectivity index (χ2n) is 5.16. The van der Waals surface area contributed by atoms with Gasteiger partial charge in [0.25, 0.3) is 0 Å². The van der Waals surface area contributed by atoms with E-state index in [9.17, 15) is 0 Å². The van der Waals surface area contributed by atoms with Crippen molar-refractivity contribution < 1.29 is 9.15 Å². The van der Waals surface area contributed by atoms with Gasteiger partial charge in [0.15, 0.2) is 0 Å². The maximum absolute atomic E-state index is 5.67. The van der Waals surface area contributed by atoms with Crippen LogP contribution in [0.1, 0.15) is 50.8 Å². The number of aryl methyl sites for hydroxylation is 2. The number of rotatable bonds is 6. The highest BCUT2D eigenvalue weighted by molar-refractivity contribution is 5.23. The Morgan fingerprint density at radius 2 is 2.06 bits per heavy atom. The van der Waals surface area contributed by atoms with Gasteiger partial charge in [-0.2, -0.15) is 0 Å². The van der Waals surface area contributed by atoms with Crippen LogP contribution in [0.3, 0.4) is 0 Å². The zero-order valence-electron chi connectivity index (χ0n) is 11.9. The molecule has 0 aliphatic carbocycles. The molecule has 1 N–H and O–H groups in total. The van der Waals surface area contributed by atoms with E-state index in [1.54, 1.807) is 0 Å². The van der Waals surface area contributed by atoms with Gasteiger partial charge in [0.2, 0.25) is 0 Å². The standard InChI is InChI=1S/C14H25NO2/c1-7-16-14(5,6)9-15-11(3)13-8-10(2)17-12(13)4/h8,11,15H,7,9H2,1-6H3. The van der Waals surface area contributed by atoms with Crippen LogP contribution in [0.25, 0.3) is 0 Å². The summed E-state index contributed by atoms with van der Waals surface area (Å²) in [4.78, 5) is 0. The van der Waals surface area contributed by atoms with Gasteiger partial charge in [-0.3, -0.25) is 0 Å². The van der Waals surface area contributed by atoms with Gasteiger partial charge in [0.1, 0.15) is 11.5 Å². The fourth-order valence-corrected chi connectivity index (χ4v) is 2.03. The van der Waals surface area contributed by atoms with E-state index in [0.29, 0.717) is 0 Å². The van der Waals surface area contributed by atoms with Crippen LogP contribution >= 0.6 is 0 Å². The first-order valence-corrected chi connectivity index (χ1v) is 6.30. The first kappa shape index (κ1) is 14.3. The molecule has 1 atom stereocenters. The summed E-state index contributed by atoms with van der Waals surface area (Å²) in [7, 11) is 0. The highest BCUT2D eigenvalue weighted by atomic mass is 16.5. The molecule has 98 valence electrons. The summed E-state index contributed by atoms with van der Waals surface area (Å²) >= 11 is 0. The smallest absolute Gasteiger partial charge is 0.105 e. The molecule has 1 rings (SSSR count). The first-order valence-electron chi connectivity index (χ1n) is 6.30. The molecule has 0 saturated heterocycles. The molecule has 0 aliphatic rings. The number of nitrogens with one attached hydrogen (secondary N) is 1. The summed E-state index contributed by atoms with van der Waals surface area (Å²) < 4.78 is 11.2. The van der Waals surface area contributed by atoms with Gasteiger partial charge in [-0.1, -0.05) is 0 Å². The van der Waals surface area contributed by atoms with Crippen molar-refractivity contribution in [2.24, 2.45) is 0 Å². The minimum Gasteiger partial charge on any atom is -0.466 e. The van der Waals surface area contributed by atoms with Gasteiger partial charge in [0.05, 0.1) is 5.60 Å². The Kier molecular flexibility index (Phi) is 4.78. The Bertz CT molecular complexity index is 355. The summed E-state index contributed by atoms with van der Waals surface area (Å²) in [6, 6.07) is 2.38. The van der Waals surface area contributed by atoms with Crippen molar-refractivity contribution in [1.82, 2.24) is 5.32 Å². The largest absolute Gasteiger partial charge is 0.466 e. The van der Waals surface area contributed by atoms with Crippen LogP contribution in [0.4, 0.5) is 0 Å². The van der Waals surface area contributed by atoms with Gasteiger partial charge in [-0.25, -0.2) is 0 Å². The molecule has 0 bridgehead atoms. The zero-order valence-corrected chi connectivity index (χ0v) is 11.9. The third-order valence-electron chi connectivity index (χ3n) is 2.91. The average Bonchev–Trinajstić information content (AvgIpc) is 2.54. The summed E-state index contributed by atoms with van der Waals surface area (Å²) in [6.45, 7) is 13.9. The van der Waals surface area contributed by atoms with Gasteiger partial charge in [-0.05, 0) is 47.6 Å². The molecule has 17 heavy (non-hydrogen) atoms. The Hall–Kier alpha value is -0.800. The van der Waals surface area contributed by atoms with Gasteiger partial charge < -0.3 is 14.5 Å². The molecule has 0 amide bonds.